The summed E-state index contributed by atoms with van der Waals surface area (Å²) in [5.41, 5.74) is 2.12. The van der Waals surface area contributed by atoms with Gasteiger partial charge in [0.15, 0.2) is 0 Å². The molecule has 18 heavy (non-hydrogen) atoms. The van der Waals surface area contributed by atoms with Gasteiger partial charge < -0.3 is 9.84 Å². The smallest absolute Gasteiger partial charge is 0.246 e. The van der Waals surface area contributed by atoms with Gasteiger partial charge in [0.2, 0.25) is 11.7 Å². The number of nitrogens with one attached hydrogen (secondary N) is 1. The second-order valence-corrected chi connectivity index (χ2v) is 5.85. The molecule has 0 aliphatic carbocycles. The molecule has 96 valence electrons. The van der Waals surface area contributed by atoms with Crippen LogP contribution in [0.25, 0.3) is 11.4 Å². The summed E-state index contributed by atoms with van der Waals surface area (Å²) in [6.45, 7) is 5.23. The summed E-state index contributed by atoms with van der Waals surface area (Å²) in [5, 5.41) is 11.8. The average Bonchev–Trinajstić information content (AvgIpc) is 2.98. The number of aromatic nitrogens is 2. The van der Waals surface area contributed by atoms with E-state index >= 15 is 0 Å². The van der Waals surface area contributed by atoms with Crippen LogP contribution in [0, 0.1) is 6.92 Å². The van der Waals surface area contributed by atoms with E-state index in [9.17, 15) is 0 Å². The first-order valence-corrected chi connectivity index (χ1v) is 7.26. The van der Waals surface area contributed by atoms with E-state index in [-0.39, 0.29) is 5.54 Å². The molecule has 1 N–H and O–H groups in total. The molecule has 1 unspecified atom stereocenters. The fourth-order valence-corrected chi connectivity index (χ4v) is 3.21. The minimum Gasteiger partial charge on any atom is -0.337 e. The predicted molar refractivity (Wildman–Crippen MR) is 71.6 cm³/mol. The predicted octanol–water partition coefficient (Wildman–Crippen LogP) is 3.10. The van der Waals surface area contributed by atoms with E-state index in [1.54, 1.807) is 11.3 Å². The molecule has 0 amide bonds. The fourth-order valence-electron chi connectivity index (χ4n) is 2.39. The Bertz CT molecular complexity index is 540. The molecule has 0 bridgehead atoms. The number of nitrogens with zero attached hydrogens (tertiary/aromatic N) is 2. The molecule has 1 atom stereocenters. The summed E-state index contributed by atoms with van der Waals surface area (Å²) >= 11 is 1.67. The lowest BCUT2D eigenvalue weighted by Crippen LogP contribution is -2.43. The first-order chi connectivity index (χ1) is 8.69. The summed E-state index contributed by atoms with van der Waals surface area (Å²) in [6, 6.07) is 0. The van der Waals surface area contributed by atoms with Crippen LogP contribution in [0.15, 0.2) is 15.3 Å². The third kappa shape index (κ3) is 1.97. The maximum absolute atomic E-state index is 5.47. The van der Waals surface area contributed by atoms with Crippen molar-refractivity contribution in [1.29, 1.82) is 0 Å². The molecule has 5 heteroatoms. The Hall–Kier alpha value is -1.20. The standard InChI is InChI=1S/C13H17N3OS/c1-9-7-18-8-10(9)11-15-12(17-16-11)13(2)5-3-4-6-14-13/h7-8,14H,3-6H2,1-2H3. The van der Waals surface area contributed by atoms with E-state index in [2.05, 4.69) is 40.1 Å². The van der Waals surface area contributed by atoms with Gasteiger partial charge in [-0.1, -0.05) is 5.16 Å². The van der Waals surface area contributed by atoms with E-state index in [0.717, 1.165) is 18.5 Å². The average molecular weight is 263 g/mol. The summed E-state index contributed by atoms with van der Waals surface area (Å²) in [6.07, 6.45) is 3.48. The van der Waals surface area contributed by atoms with Gasteiger partial charge in [0.25, 0.3) is 0 Å². The van der Waals surface area contributed by atoms with Gasteiger partial charge in [-0.15, -0.1) is 0 Å². The minimum atomic E-state index is -0.159. The van der Waals surface area contributed by atoms with E-state index in [1.807, 2.05) is 0 Å². The number of thiophene rings is 1. The topological polar surface area (TPSA) is 51.0 Å². The van der Waals surface area contributed by atoms with Crippen LogP contribution in [-0.2, 0) is 5.54 Å². The van der Waals surface area contributed by atoms with Crippen molar-refractivity contribution in [2.45, 2.75) is 38.6 Å². The molecule has 1 saturated heterocycles. The number of piperidine rings is 1. The molecule has 0 aromatic carbocycles. The zero-order chi connectivity index (χ0) is 12.6. The van der Waals surface area contributed by atoms with Crippen LogP contribution in [0.4, 0.5) is 0 Å². The monoisotopic (exact) mass is 263 g/mol. The highest BCUT2D eigenvalue weighted by atomic mass is 32.1. The van der Waals surface area contributed by atoms with Gasteiger partial charge >= 0.3 is 0 Å². The van der Waals surface area contributed by atoms with Crippen molar-refractivity contribution in [1.82, 2.24) is 15.5 Å². The zero-order valence-electron chi connectivity index (χ0n) is 10.7. The lowest BCUT2D eigenvalue weighted by molar-refractivity contribution is 0.207. The van der Waals surface area contributed by atoms with Crippen molar-refractivity contribution >= 4 is 11.3 Å². The lowest BCUT2D eigenvalue weighted by atomic mass is 9.91. The Balaban J connectivity index is 1.92. The second kappa shape index (κ2) is 4.48. The van der Waals surface area contributed by atoms with E-state index in [4.69, 9.17) is 4.52 Å². The van der Waals surface area contributed by atoms with Gasteiger partial charge in [-0.25, -0.2) is 0 Å². The van der Waals surface area contributed by atoms with Crippen LogP contribution >= 0.6 is 11.3 Å². The third-order valence-corrected chi connectivity index (χ3v) is 4.47. The van der Waals surface area contributed by atoms with Crippen molar-refractivity contribution in [3.8, 4) is 11.4 Å². The molecule has 0 spiro atoms. The molecule has 4 nitrogen and oxygen atoms in total. The molecule has 2 aromatic rings. The number of aryl methyl sites for hydroxylation is 1. The molecule has 1 fully saturated rings. The lowest BCUT2D eigenvalue weighted by Gasteiger charge is -2.31. The molecule has 0 radical (unpaired) electrons. The van der Waals surface area contributed by atoms with Gasteiger partial charge in [-0.05, 0) is 50.6 Å². The summed E-state index contributed by atoms with van der Waals surface area (Å²) in [7, 11) is 0. The van der Waals surface area contributed by atoms with Crippen LogP contribution in [0.1, 0.15) is 37.6 Å². The first-order valence-electron chi connectivity index (χ1n) is 6.31. The van der Waals surface area contributed by atoms with Crippen LogP contribution in [0.2, 0.25) is 0 Å². The summed E-state index contributed by atoms with van der Waals surface area (Å²) < 4.78 is 5.47. The van der Waals surface area contributed by atoms with Crippen LogP contribution < -0.4 is 5.32 Å². The normalized spacial score (nSPS) is 24.3. The first kappa shape index (κ1) is 11.9. The molecule has 2 aromatic heterocycles. The molecule has 3 heterocycles. The Morgan fingerprint density at radius 1 is 1.39 bits per heavy atom. The largest absolute Gasteiger partial charge is 0.337 e. The maximum atomic E-state index is 5.47. The van der Waals surface area contributed by atoms with E-state index in [0.29, 0.717) is 11.7 Å². The van der Waals surface area contributed by atoms with Crippen molar-refractivity contribution in [3.05, 3.63) is 22.2 Å². The van der Waals surface area contributed by atoms with E-state index in [1.165, 1.54) is 18.4 Å². The second-order valence-electron chi connectivity index (χ2n) is 5.11. The SMILES string of the molecule is Cc1cscc1-c1noc(C2(C)CCCCN2)n1. The van der Waals surface area contributed by atoms with Gasteiger partial charge in [-0.3, -0.25) is 0 Å². The summed E-state index contributed by atoms with van der Waals surface area (Å²) in [5.74, 6) is 1.42. The zero-order valence-corrected chi connectivity index (χ0v) is 11.5. The molecular weight excluding hydrogens is 246 g/mol. The molecule has 1 aliphatic heterocycles. The van der Waals surface area contributed by atoms with Crippen LogP contribution in [0.3, 0.4) is 0 Å². The van der Waals surface area contributed by atoms with Crippen LogP contribution in [0.5, 0.6) is 0 Å². The number of hydrogen-bond acceptors (Lipinski definition) is 5. The molecule has 1 aliphatic rings. The van der Waals surface area contributed by atoms with Crippen molar-refractivity contribution in [2.24, 2.45) is 0 Å². The Labute approximate surface area is 110 Å². The highest BCUT2D eigenvalue weighted by Gasteiger charge is 2.34. The molecule has 3 rings (SSSR count). The van der Waals surface area contributed by atoms with Gasteiger partial charge in [0.1, 0.15) is 0 Å². The minimum absolute atomic E-state index is 0.159. The number of hydrogen-bond donors (Lipinski definition) is 1. The van der Waals surface area contributed by atoms with E-state index < -0.39 is 0 Å². The van der Waals surface area contributed by atoms with Gasteiger partial charge in [-0.2, -0.15) is 16.3 Å². The van der Waals surface area contributed by atoms with Crippen molar-refractivity contribution in [2.75, 3.05) is 6.54 Å². The van der Waals surface area contributed by atoms with Crippen molar-refractivity contribution in [3.63, 3.8) is 0 Å². The van der Waals surface area contributed by atoms with Gasteiger partial charge in [0, 0.05) is 10.9 Å². The number of rotatable bonds is 2. The highest BCUT2D eigenvalue weighted by Crippen LogP contribution is 2.31. The highest BCUT2D eigenvalue weighted by molar-refractivity contribution is 7.08. The fraction of sp³-hybridized carbons (Fsp3) is 0.538. The molecular formula is C13H17N3OS. The maximum Gasteiger partial charge on any atom is 0.246 e. The van der Waals surface area contributed by atoms with Gasteiger partial charge in [0.05, 0.1) is 5.54 Å². The van der Waals surface area contributed by atoms with Crippen molar-refractivity contribution < 1.29 is 4.52 Å². The Morgan fingerprint density at radius 3 is 2.94 bits per heavy atom. The Kier molecular flexibility index (Phi) is 2.95. The quantitative estimate of drug-likeness (QED) is 0.904. The molecule has 0 saturated carbocycles. The Morgan fingerprint density at radius 2 is 2.28 bits per heavy atom. The summed E-state index contributed by atoms with van der Waals surface area (Å²) in [4.78, 5) is 4.58. The van der Waals surface area contributed by atoms with Crippen LogP contribution in [-0.4, -0.2) is 16.7 Å². The third-order valence-electron chi connectivity index (χ3n) is 3.61.